The number of carbonyl (C=O) groups excluding carboxylic acids is 1. The molecule has 21 heavy (non-hydrogen) atoms. The fraction of sp³-hybridized carbons (Fsp3) is 0.867. The number of likely N-dealkylation sites (tertiary alicyclic amines) is 2. The van der Waals surface area contributed by atoms with Gasteiger partial charge in [-0.15, -0.1) is 0 Å². The molecule has 0 aromatic heterocycles. The third kappa shape index (κ3) is 3.21. The zero-order chi connectivity index (χ0) is 14.8. The number of carboxylic acids is 1. The standard InChI is InChI=1S/C15H24N2O4/c18-14(12-4-5-13(21-12)15(19)20)17-9-6-11(10-17)16-7-2-1-3-8-16/h11-13H,1-10H2,(H,19,20). The van der Waals surface area contributed by atoms with Crippen molar-refractivity contribution in [1.29, 1.82) is 0 Å². The highest BCUT2D eigenvalue weighted by Crippen LogP contribution is 2.25. The van der Waals surface area contributed by atoms with E-state index >= 15 is 0 Å². The molecule has 0 aromatic carbocycles. The number of carbonyl (C=O) groups is 2. The third-order valence-electron chi connectivity index (χ3n) is 4.95. The Morgan fingerprint density at radius 2 is 1.67 bits per heavy atom. The second-order valence-electron chi connectivity index (χ2n) is 6.35. The molecule has 1 N–H and O–H groups in total. The largest absolute Gasteiger partial charge is 0.479 e. The summed E-state index contributed by atoms with van der Waals surface area (Å²) in [5.74, 6) is -0.976. The van der Waals surface area contributed by atoms with Crippen molar-refractivity contribution in [1.82, 2.24) is 9.80 Å². The van der Waals surface area contributed by atoms with E-state index in [0.29, 0.717) is 18.9 Å². The molecule has 3 unspecified atom stereocenters. The van der Waals surface area contributed by atoms with Crippen LogP contribution in [0.4, 0.5) is 0 Å². The normalized spacial score (nSPS) is 34.3. The summed E-state index contributed by atoms with van der Waals surface area (Å²) >= 11 is 0. The number of hydrogen-bond donors (Lipinski definition) is 1. The zero-order valence-electron chi connectivity index (χ0n) is 12.4. The lowest BCUT2D eigenvalue weighted by Gasteiger charge is -2.32. The van der Waals surface area contributed by atoms with Gasteiger partial charge in [-0.3, -0.25) is 9.69 Å². The van der Waals surface area contributed by atoms with Gasteiger partial charge >= 0.3 is 5.97 Å². The quantitative estimate of drug-likeness (QED) is 0.830. The summed E-state index contributed by atoms with van der Waals surface area (Å²) < 4.78 is 5.37. The number of rotatable bonds is 3. The Kier molecular flexibility index (Phi) is 4.45. The molecule has 3 saturated heterocycles. The second kappa shape index (κ2) is 6.32. The molecule has 0 bridgehead atoms. The third-order valence-corrected chi connectivity index (χ3v) is 4.95. The SMILES string of the molecule is O=C(O)C1CCC(C(=O)N2CCC(N3CCCCC3)C2)O1. The maximum absolute atomic E-state index is 12.4. The number of carboxylic acid groups (broad SMARTS) is 1. The van der Waals surface area contributed by atoms with Gasteiger partial charge in [0, 0.05) is 19.1 Å². The fourth-order valence-electron chi connectivity index (χ4n) is 3.73. The van der Waals surface area contributed by atoms with Crippen molar-refractivity contribution in [3.63, 3.8) is 0 Å². The number of aliphatic carboxylic acids is 1. The van der Waals surface area contributed by atoms with Crippen molar-refractivity contribution in [3.05, 3.63) is 0 Å². The summed E-state index contributed by atoms with van der Waals surface area (Å²) in [6.45, 7) is 3.84. The maximum atomic E-state index is 12.4. The summed E-state index contributed by atoms with van der Waals surface area (Å²) in [6.07, 6.45) is 4.48. The molecule has 118 valence electrons. The van der Waals surface area contributed by atoms with Crippen LogP contribution in [0.15, 0.2) is 0 Å². The van der Waals surface area contributed by atoms with Gasteiger partial charge in [-0.05, 0) is 45.2 Å². The van der Waals surface area contributed by atoms with Gasteiger partial charge in [0.2, 0.25) is 0 Å². The highest BCUT2D eigenvalue weighted by Gasteiger charge is 2.39. The van der Waals surface area contributed by atoms with Gasteiger partial charge in [-0.2, -0.15) is 0 Å². The van der Waals surface area contributed by atoms with Gasteiger partial charge in [0.05, 0.1) is 0 Å². The van der Waals surface area contributed by atoms with Gasteiger partial charge in [-0.25, -0.2) is 4.79 Å². The zero-order valence-corrected chi connectivity index (χ0v) is 12.4. The summed E-state index contributed by atoms with van der Waals surface area (Å²) in [5.41, 5.74) is 0. The molecule has 0 spiro atoms. The molecule has 3 rings (SSSR count). The lowest BCUT2D eigenvalue weighted by Crippen LogP contribution is -2.43. The Balaban J connectivity index is 1.51. The molecule has 0 saturated carbocycles. The average molecular weight is 296 g/mol. The van der Waals surface area contributed by atoms with Crippen LogP contribution < -0.4 is 0 Å². The Hall–Kier alpha value is -1.14. The Morgan fingerprint density at radius 3 is 2.33 bits per heavy atom. The molecule has 3 fully saturated rings. The topological polar surface area (TPSA) is 70.1 Å². The molecule has 3 atom stereocenters. The van der Waals surface area contributed by atoms with Gasteiger partial charge < -0.3 is 14.7 Å². The van der Waals surface area contributed by atoms with Crippen molar-refractivity contribution >= 4 is 11.9 Å². The van der Waals surface area contributed by atoms with Crippen LogP contribution in [0.5, 0.6) is 0 Å². The predicted octanol–water partition coefficient (Wildman–Crippen LogP) is 0.705. The van der Waals surface area contributed by atoms with E-state index in [9.17, 15) is 9.59 Å². The molecule has 6 heteroatoms. The lowest BCUT2D eigenvalue weighted by molar-refractivity contribution is -0.154. The Bertz CT molecular complexity index is 408. The minimum atomic E-state index is -0.960. The van der Waals surface area contributed by atoms with Crippen molar-refractivity contribution in [2.24, 2.45) is 0 Å². The smallest absolute Gasteiger partial charge is 0.332 e. The van der Waals surface area contributed by atoms with Crippen LogP contribution in [-0.2, 0) is 14.3 Å². The molecule has 0 aromatic rings. The molecule has 0 radical (unpaired) electrons. The van der Waals surface area contributed by atoms with Crippen LogP contribution in [-0.4, -0.2) is 71.2 Å². The number of piperidine rings is 1. The van der Waals surface area contributed by atoms with E-state index in [4.69, 9.17) is 9.84 Å². The lowest BCUT2D eigenvalue weighted by atomic mass is 10.1. The molecular weight excluding hydrogens is 272 g/mol. The molecule has 3 aliphatic heterocycles. The molecular formula is C15H24N2O4. The van der Waals surface area contributed by atoms with Crippen LogP contribution in [0.3, 0.4) is 0 Å². The van der Waals surface area contributed by atoms with Crippen LogP contribution in [0.2, 0.25) is 0 Å². The van der Waals surface area contributed by atoms with Crippen LogP contribution in [0.1, 0.15) is 38.5 Å². The molecule has 6 nitrogen and oxygen atoms in total. The van der Waals surface area contributed by atoms with E-state index < -0.39 is 18.2 Å². The first-order valence-corrected chi connectivity index (χ1v) is 8.06. The summed E-state index contributed by atoms with van der Waals surface area (Å²) in [6, 6.07) is 0.478. The second-order valence-corrected chi connectivity index (χ2v) is 6.35. The van der Waals surface area contributed by atoms with Gasteiger partial charge in [-0.1, -0.05) is 6.42 Å². The van der Waals surface area contributed by atoms with E-state index in [1.165, 1.54) is 19.3 Å². The number of ether oxygens (including phenoxy) is 1. The number of amides is 1. The van der Waals surface area contributed by atoms with Crippen molar-refractivity contribution in [3.8, 4) is 0 Å². The monoisotopic (exact) mass is 296 g/mol. The fourth-order valence-corrected chi connectivity index (χ4v) is 3.73. The first kappa shape index (κ1) is 14.8. The molecule has 3 heterocycles. The van der Waals surface area contributed by atoms with Crippen molar-refractivity contribution < 1.29 is 19.4 Å². The maximum Gasteiger partial charge on any atom is 0.332 e. The van der Waals surface area contributed by atoms with Crippen LogP contribution in [0, 0.1) is 0 Å². The molecule has 1 amide bonds. The molecule has 3 aliphatic rings. The van der Waals surface area contributed by atoms with Gasteiger partial charge in [0.1, 0.15) is 6.10 Å². The van der Waals surface area contributed by atoms with Crippen LogP contribution in [0.25, 0.3) is 0 Å². The van der Waals surface area contributed by atoms with Gasteiger partial charge in [0.15, 0.2) is 6.10 Å². The van der Waals surface area contributed by atoms with Crippen molar-refractivity contribution in [2.45, 2.75) is 56.8 Å². The van der Waals surface area contributed by atoms with E-state index in [1.54, 1.807) is 0 Å². The highest BCUT2D eigenvalue weighted by atomic mass is 16.5. The van der Waals surface area contributed by atoms with E-state index in [-0.39, 0.29) is 5.91 Å². The minimum absolute atomic E-state index is 0.0155. The summed E-state index contributed by atoms with van der Waals surface area (Å²) in [7, 11) is 0. The van der Waals surface area contributed by atoms with E-state index in [0.717, 1.165) is 32.6 Å². The van der Waals surface area contributed by atoms with Crippen LogP contribution >= 0.6 is 0 Å². The predicted molar refractivity (Wildman–Crippen MR) is 75.9 cm³/mol. The van der Waals surface area contributed by atoms with E-state index in [1.807, 2.05) is 4.90 Å². The summed E-state index contributed by atoms with van der Waals surface area (Å²) in [4.78, 5) is 27.7. The highest BCUT2D eigenvalue weighted by molar-refractivity contribution is 5.83. The van der Waals surface area contributed by atoms with Crippen molar-refractivity contribution in [2.75, 3.05) is 26.2 Å². The Labute approximate surface area is 125 Å². The average Bonchev–Trinajstić information content (AvgIpc) is 3.17. The first-order valence-electron chi connectivity index (χ1n) is 8.06. The Morgan fingerprint density at radius 1 is 0.952 bits per heavy atom. The number of hydrogen-bond acceptors (Lipinski definition) is 4. The first-order chi connectivity index (χ1) is 10.1. The summed E-state index contributed by atoms with van der Waals surface area (Å²) in [5, 5.41) is 8.93. The molecule has 0 aliphatic carbocycles. The van der Waals surface area contributed by atoms with Gasteiger partial charge in [0.25, 0.3) is 5.91 Å². The number of nitrogens with zero attached hydrogens (tertiary/aromatic N) is 2. The minimum Gasteiger partial charge on any atom is -0.479 e. The van der Waals surface area contributed by atoms with E-state index in [2.05, 4.69) is 4.90 Å².